The van der Waals surface area contributed by atoms with Gasteiger partial charge in [-0.15, -0.1) is 0 Å². The van der Waals surface area contributed by atoms with Crippen molar-refractivity contribution in [2.75, 3.05) is 31.6 Å². The van der Waals surface area contributed by atoms with Gasteiger partial charge in [-0.1, -0.05) is 13.8 Å². The summed E-state index contributed by atoms with van der Waals surface area (Å²) in [4.78, 5) is 121. The molecule has 1 heterocycles. The topological polar surface area (TPSA) is 406 Å². The largest absolute Gasteiger partial charge is 0.480 e. The summed E-state index contributed by atoms with van der Waals surface area (Å²) in [7, 11) is 0. The highest BCUT2D eigenvalue weighted by atomic mass is 32.2. The molecule has 0 aliphatic carbocycles. The molecule has 0 aromatic heterocycles. The summed E-state index contributed by atoms with van der Waals surface area (Å²) in [6, 6.07) is -9.25. The highest BCUT2D eigenvalue weighted by Crippen LogP contribution is 2.20. The van der Waals surface area contributed by atoms with Crippen molar-refractivity contribution in [3.05, 3.63) is 0 Å². The maximum Gasteiger partial charge on any atom is 0.328 e. The minimum atomic E-state index is -1.67. The number of nitrogens with zero attached hydrogens (tertiary/aromatic N) is 2. The lowest BCUT2D eigenvalue weighted by molar-refractivity contribution is -0.148. The number of guanidine groups is 1. The Morgan fingerprint density at radius 3 is 1.92 bits per heavy atom. The Morgan fingerprint density at radius 2 is 1.37 bits per heavy atom. The summed E-state index contributed by atoms with van der Waals surface area (Å²) in [5, 5.41) is 44.3. The number of primary amides is 1. The first-order chi connectivity index (χ1) is 29.0. The van der Waals surface area contributed by atoms with Gasteiger partial charge >= 0.3 is 5.97 Å². The number of rotatable bonds is 28. The van der Waals surface area contributed by atoms with Gasteiger partial charge in [0, 0.05) is 19.5 Å². The van der Waals surface area contributed by atoms with Crippen LogP contribution in [-0.2, 0) is 43.2 Å². The molecule has 0 spiro atoms. The molecule has 352 valence electrons. The number of nitrogens with one attached hydrogen (secondary N) is 6. The fourth-order valence-corrected chi connectivity index (χ4v) is 6.73. The summed E-state index contributed by atoms with van der Waals surface area (Å²) in [6.07, 6.45) is -0.561. The third kappa shape index (κ3) is 19.6. The second-order valence-corrected chi connectivity index (χ2v) is 16.4. The normalized spacial score (nSPS) is 17.4. The molecule has 62 heavy (non-hydrogen) atoms. The molecule has 1 rings (SSSR count). The third-order valence-corrected chi connectivity index (χ3v) is 10.2. The number of carboxylic acid groups (broad SMARTS) is 1. The van der Waals surface area contributed by atoms with Crippen LogP contribution < -0.4 is 54.8 Å². The molecule has 0 saturated carbocycles. The minimum Gasteiger partial charge on any atom is -0.480 e. The van der Waals surface area contributed by atoms with Crippen LogP contribution in [0.1, 0.15) is 79.1 Å². The van der Waals surface area contributed by atoms with E-state index >= 15 is 0 Å². The molecule has 1 aliphatic heterocycles. The molecule has 1 saturated heterocycles. The fraction of sp³-hybridized carbons (Fsp3) is 0.730. The van der Waals surface area contributed by atoms with E-state index < -0.39 is 121 Å². The van der Waals surface area contributed by atoms with Gasteiger partial charge in [0.15, 0.2) is 12.0 Å². The molecule has 17 N–H and O–H groups in total. The molecule has 0 aromatic rings. The van der Waals surface area contributed by atoms with Crippen LogP contribution in [0.25, 0.3) is 0 Å². The van der Waals surface area contributed by atoms with Crippen LogP contribution in [0.3, 0.4) is 0 Å². The monoisotopic (exact) mass is 902 g/mol. The summed E-state index contributed by atoms with van der Waals surface area (Å²) in [6.45, 7) is 5.50. The standard InChI is InChI=1S/C37H66N12O12S/c1-18(2)16-24(46-32(56)23(12-15-62-5)45-30(54)21(38)8-6-13-42-37(40)41)31(55)43-17-27(53)44-22(10-11-26(39)52)33(57)47-28(19(3)50)35(59)49-14-7-9-25(49)34(58)48-29(20(4)51)36(60)61/h18-25,28-29,50-51H,6-17,38H2,1-5H3,(H2,39,52)(H,43,55)(H,44,53)(H,45,54)(H,46,56)(H,47,57)(H,48,58)(H,60,61)(H4,40,41,42)/t19-,20-,21+,22+,23+,24+,25+,28+,29+/m1/s1. The van der Waals surface area contributed by atoms with E-state index in [9.17, 15) is 58.5 Å². The van der Waals surface area contributed by atoms with Gasteiger partial charge in [-0.3, -0.25) is 43.3 Å². The Kier molecular flexibility index (Phi) is 24.4. The zero-order valence-electron chi connectivity index (χ0n) is 35.9. The summed E-state index contributed by atoms with van der Waals surface area (Å²) in [5.41, 5.74) is 22.0. The minimum absolute atomic E-state index is 0.00623. The van der Waals surface area contributed by atoms with E-state index in [2.05, 4.69) is 36.9 Å². The molecule has 0 radical (unpaired) electrons. The SMILES string of the molecule is CSCC[C@H](NC(=O)[C@@H](N)CCCN=C(N)N)C(=O)N[C@@H](CC(C)C)C(=O)NCC(=O)N[C@@H](CCC(N)=O)C(=O)N[C@H](C(=O)N1CCC[C@H]1C(=O)N[C@H](C(=O)O)[C@@H](C)O)[C@@H](C)O. The number of aliphatic hydroxyl groups excluding tert-OH is 2. The van der Waals surface area contributed by atoms with Gasteiger partial charge in [-0.05, 0) is 76.7 Å². The average Bonchev–Trinajstić information content (AvgIpc) is 3.68. The van der Waals surface area contributed by atoms with Gasteiger partial charge in [-0.25, -0.2) is 4.79 Å². The first-order valence-electron chi connectivity index (χ1n) is 20.3. The van der Waals surface area contributed by atoms with E-state index in [1.165, 1.54) is 18.7 Å². The molecule has 25 heteroatoms. The van der Waals surface area contributed by atoms with E-state index in [0.29, 0.717) is 18.6 Å². The van der Waals surface area contributed by atoms with Gasteiger partial charge in [0.25, 0.3) is 0 Å². The molecule has 9 atom stereocenters. The van der Waals surface area contributed by atoms with Gasteiger partial charge in [0.1, 0.15) is 30.2 Å². The Labute approximate surface area is 364 Å². The summed E-state index contributed by atoms with van der Waals surface area (Å²) < 4.78 is 0. The van der Waals surface area contributed by atoms with E-state index in [-0.39, 0.29) is 57.1 Å². The first kappa shape index (κ1) is 54.7. The van der Waals surface area contributed by atoms with Crippen LogP contribution in [0.4, 0.5) is 0 Å². The van der Waals surface area contributed by atoms with E-state index in [0.717, 1.165) is 11.8 Å². The zero-order chi connectivity index (χ0) is 47.3. The number of thioether (sulfide) groups is 1. The number of carbonyl (C=O) groups excluding carboxylic acids is 8. The van der Waals surface area contributed by atoms with Crippen LogP contribution in [0.2, 0.25) is 0 Å². The molecular weight excluding hydrogens is 837 g/mol. The van der Waals surface area contributed by atoms with Crippen molar-refractivity contribution >= 4 is 70.9 Å². The second kappa shape index (κ2) is 27.6. The molecule has 0 bridgehead atoms. The number of aliphatic hydroxyl groups is 2. The number of nitrogens with two attached hydrogens (primary N) is 4. The number of amides is 8. The Balaban J connectivity index is 3.09. The predicted molar refractivity (Wildman–Crippen MR) is 227 cm³/mol. The van der Waals surface area contributed by atoms with Crippen LogP contribution >= 0.6 is 11.8 Å². The number of carboxylic acids is 1. The highest BCUT2D eigenvalue weighted by Gasteiger charge is 2.41. The Morgan fingerprint density at radius 1 is 0.774 bits per heavy atom. The van der Waals surface area contributed by atoms with Gasteiger partial charge in [0.05, 0.1) is 24.8 Å². The van der Waals surface area contributed by atoms with Crippen molar-refractivity contribution in [3.8, 4) is 0 Å². The molecule has 0 aromatic carbocycles. The van der Waals surface area contributed by atoms with E-state index in [1.807, 2.05) is 6.26 Å². The maximum absolute atomic E-state index is 13.7. The number of hydrogen-bond donors (Lipinski definition) is 13. The lowest BCUT2D eigenvalue weighted by Gasteiger charge is -2.31. The highest BCUT2D eigenvalue weighted by molar-refractivity contribution is 7.98. The van der Waals surface area contributed by atoms with Crippen molar-refractivity contribution in [2.24, 2.45) is 33.8 Å². The maximum atomic E-state index is 13.7. The fourth-order valence-electron chi connectivity index (χ4n) is 6.26. The molecule has 8 amide bonds. The zero-order valence-corrected chi connectivity index (χ0v) is 36.7. The summed E-state index contributed by atoms with van der Waals surface area (Å²) in [5.74, 6) is -7.84. The molecule has 1 aliphatic rings. The van der Waals surface area contributed by atoms with Crippen molar-refractivity contribution in [1.29, 1.82) is 0 Å². The number of hydrogen-bond acceptors (Lipinski definition) is 14. The third-order valence-electron chi connectivity index (χ3n) is 9.57. The molecular formula is C37H66N12O12S. The predicted octanol–water partition coefficient (Wildman–Crippen LogP) is -5.19. The smallest absolute Gasteiger partial charge is 0.328 e. The van der Waals surface area contributed by atoms with Crippen molar-refractivity contribution < 1.29 is 58.5 Å². The van der Waals surface area contributed by atoms with Gasteiger partial charge in [0.2, 0.25) is 47.3 Å². The van der Waals surface area contributed by atoms with Crippen molar-refractivity contribution in [2.45, 2.75) is 134 Å². The number of carbonyl (C=O) groups is 9. The van der Waals surface area contributed by atoms with E-state index in [4.69, 9.17) is 22.9 Å². The Bertz CT molecular complexity index is 1600. The van der Waals surface area contributed by atoms with Crippen LogP contribution in [0, 0.1) is 5.92 Å². The molecule has 24 nitrogen and oxygen atoms in total. The van der Waals surface area contributed by atoms with E-state index in [1.54, 1.807) is 13.8 Å². The molecule has 0 unspecified atom stereocenters. The van der Waals surface area contributed by atoms with Crippen LogP contribution in [0.5, 0.6) is 0 Å². The number of likely N-dealkylation sites (tertiary alicyclic amines) is 1. The Hall–Kier alpha value is -5.27. The average molecular weight is 903 g/mol. The number of aliphatic carboxylic acids is 1. The lowest BCUT2D eigenvalue weighted by Crippen LogP contribution is -2.61. The number of aliphatic imine (C=N–C) groups is 1. The molecule has 1 fully saturated rings. The lowest BCUT2D eigenvalue weighted by atomic mass is 10.0. The summed E-state index contributed by atoms with van der Waals surface area (Å²) >= 11 is 1.43. The quantitative estimate of drug-likeness (QED) is 0.0198. The van der Waals surface area contributed by atoms with Crippen molar-refractivity contribution in [1.82, 2.24) is 36.8 Å². The van der Waals surface area contributed by atoms with Gasteiger partial charge < -0.3 is 75.1 Å². The van der Waals surface area contributed by atoms with Crippen molar-refractivity contribution in [3.63, 3.8) is 0 Å². The first-order valence-corrected chi connectivity index (χ1v) is 21.7. The van der Waals surface area contributed by atoms with Crippen LogP contribution in [-0.4, -0.2) is 166 Å². The van der Waals surface area contributed by atoms with Crippen LogP contribution in [0.15, 0.2) is 4.99 Å². The van der Waals surface area contributed by atoms with Gasteiger partial charge in [-0.2, -0.15) is 11.8 Å². The second-order valence-electron chi connectivity index (χ2n) is 15.4.